The van der Waals surface area contributed by atoms with Gasteiger partial charge in [-0.1, -0.05) is 22.0 Å². The molecule has 0 aliphatic heterocycles. The highest BCUT2D eigenvalue weighted by molar-refractivity contribution is 9.10. The fraction of sp³-hybridized carbons (Fsp3) is 0. The van der Waals surface area contributed by atoms with Gasteiger partial charge in [0, 0.05) is 9.86 Å². The Kier molecular flexibility index (Phi) is 2.22. The molecule has 78 valence electrons. The zero-order chi connectivity index (χ0) is 11.1. The maximum atomic E-state index is 10.7. The summed E-state index contributed by atoms with van der Waals surface area (Å²) in [6.07, 6.45) is 2.48. The predicted octanol–water partition coefficient (Wildman–Crippen LogP) is 3.42. The number of nitrogens with zero attached hydrogens (tertiary/aromatic N) is 2. The van der Waals surface area contributed by atoms with Crippen LogP contribution >= 0.6 is 27.3 Å². The first-order valence-electron chi connectivity index (χ1n) is 4.58. The molecule has 0 radical (unpaired) electrons. The van der Waals surface area contributed by atoms with Gasteiger partial charge >= 0.3 is 0 Å². The number of carbonyl (C=O) groups is 1. The quantitative estimate of drug-likeness (QED) is 0.646. The highest BCUT2D eigenvalue weighted by Crippen LogP contribution is 2.29. The molecular formula is C11H5BrN2OS. The molecule has 2 aromatic heterocycles. The van der Waals surface area contributed by atoms with Crippen LogP contribution in [-0.4, -0.2) is 16.3 Å². The topological polar surface area (TPSA) is 42.9 Å². The monoisotopic (exact) mass is 292 g/mol. The molecule has 0 saturated carbocycles. The lowest BCUT2D eigenvalue weighted by Crippen LogP contribution is -1.79. The summed E-state index contributed by atoms with van der Waals surface area (Å²) in [4.78, 5) is 19.2. The Morgan fingerprint density at radius 3 is 3.00 bits per heavy atom. The second-order valence-electron chi connectivity index (χ2n) is 3.30. The van der Waals surface area contributed by atoms with E-state index in [1.807, 2.05) is 18.2 Å². The Balaban J connectivity index is 2.48. The van der Waals surface area contributed by atoms with Crippen molar-refractivity contribution >= 4 is 54.7 Å². The van der Waals surface area contributed by atoms with E-state index in [0.29, 0.717) is 5.01 Å². The van der Waals surface area contributed by atoms with E-state index < -0.39 is 0 Å². The SMILES string of the molecule is O=Cc1nc2cnc3cc(Br)ccc3c2s1. The lowest BCUT2D eigenvalue weighted by atomic mass is 10.2. The molecule has 16 heavy (non-hydrogen) atoms. The molecule has 3 rings (SSSR count). The van der Waals surface area contributed by atoms with Crippen LogP contribution in [0.15, 0.2) is 28.9 Å². The molecule has 0 fully saturated rings. The molecule has 5 heteroatoms. The fourth-order valence-corrected chi connectivity index (χ4v) is 2.85. The molecule has 0 amide bonds. The number of hydrogen-bond donors (Lipinski definition) is 0. The van der Waals surface area contributed by atoms with Crippen LogP contribution < -0.4 is 0 Å². The first-order valence-corrected chi connectivity index (χ1v) is 6.19. The van der Waals surface area contributed by atoms with Gasteiger partial charge in [-0.2, -0.15) is 0 Å². The molecular weight excluding hydrogens is 288 g/mol. The highest BCUT2D eigenvalue weighted by atomic mass is 79.9. The van der Waals surface area contributed by atoms with Crippen molar-refractivity contribution in [2.24, 2.45) is 0 Å². The number of rotatable bonds is 1. The number of aldehydes is 1. The van der Waals surface area contributed by atoms with E-state index in [0.717, 1.165) is 31.9 Å². The summed E-state index contributed by atoms with van der Waals surface area (Å²) in [5.41, 5.74) is 1.69. The van der Waals surface area contributed by atoms with Crippen LogP contribution in [0.1, 0.15) is 9.80 Å². The Hall–Kier alpha value is -1.33. The largest absolute Gasteiger partial charge is 0.295 e. The van der Waals surface area contributed by atoms with E-state index in [2.05, 4.69) is 25.9 Å². The van der Waals surface area contributed by atoms with E-state index in [1.165, 1.54) is 11.3 Å². The van der Waals surface area contributed by atoms with Gasteiger partial charge in [0.25, 0.3) is 0 Å². The van der Waals surface area contributed by atoms with Crippen molar-refractivity contribution in [3.8, 4) is 0 Å². The van der Waals surface area contributed by atoms with E-state index in [4.69, 9.17) is 0 Å². The lowest BCUT2D eigenvalue weighted by Gasteiger charge is -1.97. The predicted molar refractivity (Wildman–Crippen MR) is 68.0 cm³/mol. The van der Waals surface area contributed by atoms with Crippen molar-refractivity contribution < 1.29 is 4.79 Å². The van der Waals surface area contributed by atoms with Gasteiger partial charge in [-0.25, -0.2) is 4.98 Å². The van der Waals surface area contributed by atoms with Gasteiger partial charge in [0.2, 0.25) is 0 Å². The third kappa shape index (κ3) is 1.44. The third-order valence-corrected chi connectivity index (χ3v) is 3.82. The Bertz CT molecular complexity index is 708. The summed E-state index contributed by atoms with van der Waals surface area (Å²) in [6, 6.07) is 5.90. The van der Waals surface area contributed by atoms with Crippen molar-refractivity contribution in [1.82, 2.24) is 9.97 Å². The minimum Gasteiger partial charge on any atom is -0.295 e. The third-order valence-electron chi connectivity index (χ3n) is 2.30. The standard InChI is InChI=1S/C11H5BrN2OS/c12-6-1-2-7-8(3-6)13-4-9-11(7)16-10(5-15)14-9/h1-5H. The maximum absolute atomic E-state index is 10.7. The number of halogens is 1. The minimum atomic E-state index is 0.493. The smallest absolute Gasteiger partial charge is 0.178 e. The Labute approximate surface area is 103 Å². The molecule has 0 unspecified atom stereocenters. The minimum absolute atomic E-state index is 0.493. The van der Waals surface area contributed by atoms with E-state index in [-0.39, 0.29) is 0 Å². The van der Waals surface area contributed by atoms with Gasteiger partial charge < -0.3 is 0 Å². The van der Waals surface area contributed by atoms with Crippen molar-refractivity contribution in [2.45, 2.75) is 0 Å². The van der Waals surface area contributed by atoms with Gasteiger partial charge in [-0.3, -0.25) is 9.78 Å². The van der Waals surface area contributed by atoms with Gasteiger partial charge in [0.1, 0.15) is 5.52 Å². The van der Waals surface area contributed by atoms with Crippen LogP contribution in [-0.2, 0) is 0 Å². The van der Waals surface area contributed by atoms with E-state index in [9.17, 15) is 4.79 Å². The number of benzene rings is 1. The summed E-state index contributed by atoms with van der Waals surface area (Å²) >= 11 is 4.81. The molecule has 0 N–H and O–H groups in total. The second-order valence-corrected chi connectivity index (χ2v) is 5.25. The first kappa shape index (κ1) is 9.86. The molecule has 0 saturated heterocycles. The molecule has 3 nitrogen and oxygen atoms in total. The molecule has 2 heterocycles. The highest BCUT2D eigenvalue weighted by Gasteiger charge is 2.07. The van der Waals surface area contributed by atoms with Crippen molar-refractivity contribution in [1.29, 1.82) is 0 Å². The van der Waals surface area contributed by atoms with Crippen molar-refractivity contribution in [3.63, 3.8) is 0 Å². The van der Waals surface area contributed by atoms with Crippen molar-refractivity contribution in [3.05, 3.63) is 33.9 Å². The van der Waals surface area contributed by atoms with Crippen LogP contribution in [0.4, 0.5) is 0 Å². The molecule has 0 bridgehead atoms. The number of hydrogen-bond acceptors (Lipinski definition) is 4. The zero-order valence-corrected chi connectivity index (χ0v) is 10.4. The first-order chi connectivity index (χ1) is 7.78. The van der Waals surface area contributed by atoms with Crippen LogP contribution in [0.2, 0.25) is 0 Å². The summed E-state index contributed by atoms with van der Waals surface area (Å²) in [7, 11) is 0. The number of thiazole rings is 1. The van der Waals surface area contributed by atoms with Gasteiger partial charge in [0.15, 0.2) is 11.3 Å². The average molecular weight is 293 g/mol. The molecule has 0 aliphatic carbocycles. The summed E-state index contributed by atoms with van der Waals surface area (Å²) < 4.78 is 2.01. The number of pyridine rings is 1. The Morgan fingerprint density at radius 1 is 1.31 bits per heavy atom. The lowest BCUT2D eigenvalue weighted by molar-refractivity contribution is 0.112. The molecule has 0 aliphatic rings. The average Bonchev–Trinajstić information content (AvgIpc) is 2.71. The van der Waals surface area contributed by atoms with Gasteiger partial charge in [-0.05, 0) is 12.1 Å². The fourth-order valence-electron chi connectivity index (χ4n) is 1.61. The van der Waals surface area contributed by atoms with E-state index >= 15 is 0 Å². The zero-order valence-electron chi connectivity index (χ0n) is 7.98. The Morgan fingerprint density at radius 2 is 2.19 bits per heavy atom. The number of fused-ring (bicyclic) bond motifs is 3. The number of aromatic nitrogens is 2. The summed E-state index contributed by atoms with van der Waals surface area (Å²) in [6.45, 7) is 0. The van der Waals surface area contributed by atoms with Crippen molar-refractivity contribution in [2.75, 3.05) is 0 Å². The summed E-state index contributed by atoms with van der Waals surface area (Å²) in [5, 5.41) is 1.53. The molecule has 1 aromatic carbocycles. The van der Waals surface area contributed by atoms with E-state index in [1.54, 1.807) is 6.20 Å². The number of carbonyl (C=O) groups excluding carboxylic acids is 1. The maximum Gasteiger partial charge on any atom is 0.178 e. The van der Waals surface area contributed by atoms with Crippen LogP contribution in [0.5, 0.6) is 0 Å². The molecule has 0 atom stereocenters. The second kappa shape index (κ2) is 3.61. The summed E-state index contributed by atoms with van der Waals surface area (Å²) in [5.74, 6) is 0. The molecule has 3 aromatic rings. The van der Waals surface area contributed by atoms with Gasteiger partial charge in [-0.15, -0.1) is 11.3 Å². The van der Waals surface area contributed by atoms with Gasteiger partial charge in [0.05, 0.1) is 16.4 Å². The normalized spacial score (nSPS) is 11.1. The van der Waals surface area contributed by atoms with Crippen LogP contribution in [0, 0.1) is 0 Å². The van der Waals surface area contributed by atoms with Crippen LogP contribution in [0.25, 0.3) is 21.1 Å². The molecule has 0 spiro atoms. The van der Waals surface area contributed by atoms with Crippen LogP contribution in [0.3, 0.4) is 0 Å².